The maximum Gasteiger partial charge on any atom is 0.0861 e. The van der Waals surface area contributed by atoms with Gasteiger partial charge in [0.05, 0.1) is 11.4 Å². The monoisotopic (exact) mass is 151 g/mol. The van der Waals surface area contributed by atoms with Crippen LogP contribution in [-0.4, -0.2) is 15.0 Å². The zero-order valence-electron chi connectivity index (χ0n) is 7.04. The fraction of sp³-hybridized carbons (Fsp3) is 0.750. The first-order valence-corrected chi connectivity index (χ1v) is 4.15. The number of aromatic nitrogens is 3. The van der Waals surface area contributed by atoms with Gasteiger partial charge in [-0.25, -0.2) is 0 Å². The molecule has 0 aliphatic heterocycles. The van der Waals surface area contributed by atoms with Crippen LogP contribution in [0.25, 0.3) is 0 Å². The van der Waals surface area contributed by atoms with E-state index < -0.39 is 0 Å². The highest BCUT2D eigenvalue weighted by Gasteiger charge is 2.18. The van der Waals surface area contributed by atoms with Crippen LogP contribution in [0.4, 0.5) is 0 Å². The number of rotatable bonds is 0. The Labute approximate surface area is 66.4 Å². The number of hydrogen-bond donors (Lipinski definition) is 0. The first-order chi connectivity index (χ1) is 5.25. The predicted molar refractivity (Wildman–Crippen MR) is 42.2 cm³/mol. The largest absolute Gasteiger partial charge is 0.188 e. The van der Waals surface area contributed by atoms with E-state index in [-0.39, 0.29) is 0 Å². The molecule has 1 atom stereocenters. The van der Waals surface area contributed by atoms with E-state index in [0.29, 0.717) is 0 Å². The molecule has 3 nitrogen and oxygen atoms in total. The van der Waals surface area contributed by atoms with Crippen molar-refractivity contribution < 1.29 is 0 Å². The highest BCUT2D eigenvalue weighted by atomic mass is 15.5. The van der Waals surface area contributed by atoms with Gasteiger partial charge in [-0.3, -0.25) is 0 Å². The Morgan fingerprint density at radius 1 is 1.36 bits per heavy atom. The molecular formula is C8H13N3. The molecule has 0 saturated heterocycles. The summed E-state index contributed by atoms with van der Waals surface area (Å²) in [5.41, 5.74) is 2.43. The molecule has 0 spiro atoms. The van der Waals surface area contributed by atoms with Gasteiger partial charge in [0.1, 0.15) is 0 Å². The molecule has 3 heteroatoms. The molecule has 1 aliphatic carbocycles. The average Bonchev–Trinajstić information content (AvgIpc) is 2.27. The third-order valence-corrected chi connectivity index (χ3v) is 2.28. The normalized spacial score (nSPS) is 23.3. The molecule has 1 heterocycles. The number of fused-ring (bicyclic) bond motifs is 1. The van der Waals surface area contributed by atoms with E-state index in [1.807, 2.05) is 7.05 Å². The summed E-state index contributed by atoms with van der Waals surface area (Å²) in [6.45, 7) is 2.28. The quantitative estimate of drug-likeness (QED) is 0.552. The van der Waals surface area contributed by atoms with Crippen LogP contribution in [0.2, 0.25) is 0 Å². The Morgan fingerprint density at radius 3 is 2.91 bits per heavy atom. The first-order valence-electron chi connectivity index (χ1n) is 4.15. The summed E-state index contributed by atoms with van der Waals surface area (Å²) in [5, 5.41) is 8.60. The van der Waals surface area contributed by atoms with Crippen molar-refractivity contribution in [1.82, 2.24) is 15.0 Å². The molecule has 60 valence electrons. The number of aryl methyl sites for hydroxylation is 2. The molecular weight excluding hydrogens is 138 g/mol. The number of nitrogens with zero attached hydrogens (tertiary/aromatic N) is 3. The summed E-state index contributed by atoms with van der Waals surface area (Å²) in [7, 11) is 1.89. The van der Waals surface area contributed by atoms with Crippen molar-refractivity contribution in [2.75, 3.05) is 0 Å². The van der Waals surface area contributed by atoms with Gasteiger partial charge >= 0.3 is 0 Å². The molecule has 0 bridgehead atoms. The van der Waals surface area contributed by atoms with E-state index in [0.717, 1.165) is 18.8 Å². The maximum absolute atomic E-state index is 4.31. The summed E-state index contributed by atoms with van der Waals surface area (Å²) >= 11 is 0. The fourth-order valence-electron chi connectivity index (χ4n) is 1.66. The summed E-state index contributed by atoms with van der Waals surface area (Å²) in [6, 6.07) is 0. The molecule has 1 unspecified atom stereocenters. The summed E-state index contributed by atoms with van der Waals surface area (Å²) in [5.74, 6) is 0.791. The number of hydrogen-bond acceptors (Lipinski definition) is 2. The van der Waals surface area contributed by atoms with Gasteiger partial charge in [0.2, 0.25) is 0 Å². The fourth-order valence-corrected chi connectivity index (χ4v) is 1.66. The smallest absolute Gasteiger partial charge is 0.0861 e. The van der Waals surface area contributed by atoms with Crippen LogP contribution in [0.3, 0.4) is 0 Å². The topological polar surface area (TPSA) is 30.7 Å². The Balaban J connectivity index is 2.34. The van der Waals surface area contributed by atoms with Crippen LogP contribution < -0.4 is 0 Å². The second-order valence-corrected chi connectivity index (χ2v) is 3.43. The van der Waals surface area contributed by atoms with Crippen molar-refractivity contribution >= 4 is 0 Å². The third kappa shape index (κ3) is 1.15. The van der Waals surface area contributed by atoms with Gasteiger partial charge in [-0.2, -0.15) is 15.0 Å². The van der Waals surface area contributed by atoms with Gasteiger partial charge in [0.25, 0.3) is 0 Å². The van der Waals surface area contributed by atoms with Gasteiger partial charge < -0.3 is 0 Å². The van der Waals surface area contributed by atoms with E-state index >= 15 is 0 Å². The molecule has 1 aromatic rings. The standard InChI is InChI=1S/C8H13N3/c1-6-3-4-7-8(5-6)10-11(2)9-7/h6H,3-5H2,1-2H3. The average molecular weight is 151 g/mol. The van der Waals surface area contributed by atoms with Crippen molar-refractivity contribution in [3.05, 3.63) is 11.4 Å². The van der Waals surface area contributed by atoms with Crippen LogP contribution in [-0.2, 0) is 19.9 Å². The van der Waals surface area contributed by atoms with Crippen molar-refractivity contribution in [3.8, 4) is 0 Å². The van der Waals surface area contributed by atoms with Crippen LogP contribution in [0.15, 0.2) is 0 Å². The van der Waals surface area contributed by atoms with E-state index in [1.54, 1.807) is 4.80 Å². The molecule has 0 saturated carbocycles. The first kappa shape index (κ1) is 6.83. The Morgan fingerprint density at radius 2 is 2.09 bits per heavy atom. The van der Waals surface area contributed by atoms with Crippen molar-refractivity contribution in [1.29, 1.82) is 0 Å². The Hall–Kier alpha value is -0.860. The molecule has 0 fully saturated rings. The Bertz CT molecular complexity index is 264. The second kappa shape index (κ2) is 2.32. The van der Waals surface area contributed by atoms with Crippen molar-refractivity contribution in [2.45, 2.75) is 26.2 Å². The van der Waals surface area contributed by atoms with Crippen LogP contribution in [0.5, 0.6) is 0 Å². The van der Waals surface area contributed by atoms with E-state index in [2.05, 4.69) is 17.1 Å². The van der Waals surface area contributed by atoms with Gasteiger partial charge in [0, 0.05) is 7.05 Å². The van der Waals surface area contributed by atoms with Gasteiger partial charge in [0.15, 0.2) is 0 Å². The summed E-state index contributed by atoms with van der Waals surface area (Å²) in [4.78, 5) is 1.68. The molecule has 11 heavy (non-hydrogen) atoms. The third-order valence-electron chi connectivity index (χ3n) is 2.28. The summed E-state index contributed by atoms with van der Waals surface area (Å²) < 4.78 is 0. The zero-order valence-corrected chi connectivity index (χ0v) is 7.04. The van der Waals surface area contributed by atoms with Crippen molar-refractivity contribution in [3.63, 3.8) is 0 Å². The highest BCUT2D eigenvalue weighted by molar-refractivity contribution is 5.12. The molecule has 0 amide bonds. The zero-order chi connectivity index (χ0) is 7.84. The van der Waals surface area contributed by atoms with Crippen LogP contribution in [0.1, 0.15) is 24.7 Å². The van der Waals surface area contributed by atoms with Gasteiger partial charge in [-0.1, -0.05) is 6.92 Å². The SMILES string of the molecule is CC1CCc2nn(C)nc2C1. The minimum atomic E-state index is 0.791. The molecule has 1 aromatic heterocycles. The van der Waals surface area contributed by atoms with Crippen LogP contribution in [0, 0.1) is 5.92 Å². The lowest BCUT2D eigenvalue weighted by Crippen LogP contribution is -2.10. The minimum absolute atomic E-state index is 0.791. The van der Waals surface area contributed by atoms with Crippen molar-refractivity contribution in [2.24, 2.45) is 13.0 Å². The van der Waals surface area contributed by atoms with E-state index in [4.69, 9.17) is 0 Å². The lowest BCUT2D eigenvalue weighted by Gasteiger charge is -2.14. The van der Waals surface area contributed by atoms with E-state index in [1.165, 1.54) is 17.8 Å². The Kier molecular flexibility index (Phi) is 1.44. The van der Waals surface area contributed by atoms with Crippen LogP contribution >= 0.6 is 0 Å². The van der Waals surface area contributed by atoms with E-state index in [9.17, 15) is 0 Å². The summed E-state index contributed by atoms with van der Waals surface area (Å²) in [6.07, 6.45) is 3.50. The molecule has 2 rings (SSSR count). The lowest BCUT2D eigenvalue weighted by molar-refractivity contribution is 0.491. The molecule has 0 aromatic carbocycles. The second-order valence-electron chi connectivity index (χ2n) is 3.43. The molecule has 1 aliphatic rings. The van der Waals surface area contributed by atoms with Gasteiger partial charge in [-0.05, 0) is 25.2 Å². The highest BCUT2D eigenvalue weighted by Crippen LogP contribution is 2.21. The maximum atomic E-state index is 4.31. The molecule has 0 radical (unpaired) electrons. The van der Waals surface area contributed by atoms with Gasteiger partial charge in [-0.15, -0.1) is 0 Å². The minimum Gasteiger partial charge on any atom is -0.188 e. The molecule has 0 N–H and O–H groups in total. The lowest BCUT2D eigenvalue weighted by atomic mass is 9.92. The predicted octanol–water partition coefficient (Wildman–Crippen LogP) is 0.940.